The maximum atomic E-state index is 5.90. The predicted molar refractivity (Wildman–Crippen MR) is 120 cm³/mol. The van der Waals surface area contributed by atoms with E-state index >= 15 is 0 Å². The summed E-state index contributed by atoms with van der Waals surface area (Å²) in [5.74, 6) is 1.77. The van der Waals surface area contributed by atoms with Crippen LogP contribution in [-0.4, -0.2) is 36.1 Å². The number of guanidine groups is 1. The van der Waals surface area contributed by atoms with Gasteiger partial charge in [-0.25, -0.2) is 4.98 Å². The number of H-pyrrole nitrogens is 1. The Morgan fingerprint density at radius 1 is 1.04 bits per heavy atom. The quantitative estimate of drug-likeness (QED) is 0.284. The van der Waals surface area contributed by atoms with Gasteiger partial charge in [0.05, 0.1) is 11.0 Å². The molecule has 0 fully saturated rings. The average molecular weight is 484 g/mol. The van der Waals surface area contributed by atoms with Crippen LogP contribution in [0.15, 0.2) is 53.5 Å². The molecule has 1 aromatic heterocycles. The van der Waals surface area contributed by atoms with Crippen molar-refractivity contribution in [2.45, 2.75) is 12.8 Å². The van der Waals surface area contributed by atoms with E-state index in [2.05, 4.69) is 25.6 Å². The number of halogens is 2. The summed E-state index contributed by atoms with van der Waals surface area (Å²) in [6.45, 7) is 1.58. The fraction of sp³-hybridized carbons (Fsp3) is 0.263. The van der Waals surface area contributed by atoms with Crippen molar-refractivity contribution in [2.24, 2.45) is 4.99 Å². The van der Waals surface area contributed by atoms with E-state index in [1.54, 1.807) is 7.05 Å². The smallest absolute Gasteiger partial charge is 0.191 e. The third kappa shape index (κ3) is 5.88. The number of aromatic nitrogens is 2. The van der Waals surface area contributed by atoms with Crippen LogP contribution in [0.25, 0.3) is 11.0 Å². The molecule has 138 valence electrons. The molecule has 3 N–H and O–H groups in total. The van der Waals surface area contributed by atoms with Gasteiger partial charge in [-0.2, -0.15) is 0 Å². The number of para-hydroxylation sites is 2. The molecule has 0 saturated heterocycles. The van der Waals surface area contributed by atoms with E-state index in [1.165, 1.54) is 5.56 Å². The predicted octanol–water partition coefficient (Wildman–Crippen LogP) is 3.78. The van der Waals surface area contributed by atoms with Crippen LogP contribution in [0.1, 0.15) is 11.4 Å². The van der Waals surface area contributed by atoms with Crippen LogP contribution < -0.4 is 10.6 Å². The molecule has 0 aliphatic heterocycles. The summed E-state index contributed by atoms with van der Waals surface area (Å²) in [5.41, 5.74) is 3.32. The van der Waals surface area contributed by atoms with E-state index in [9.17, 15) is 0 Å². The Bertz CT molecular complexity index is 812. The molecule has 1 heterocycles. The molecule has 2 aromatic carbocycles. The molecule has 0 aliphatic rings. The molecule has 0 spiro atoms. The van der Waals surface area contributed by atoms with Crippen LogP contribution in [0.4, 0.5) is 0 Å². The lowest BCUT2D eigenvalue weighted by atomic mass is 10.1. The van der Waals surface area contributed by atoms with Gasteiger partial charge in [0.25, 0.3) is 0 Å². The van der Waals surface area contributed by atoms with Gasteiger partial charge >= 0.3 is 0 Å². The molecule has 0 amide bonds. The number of hydrogen-bond donors (Lipinski definition) is 3. The number of aromatic amines is 1. The zero-order chi connectivity index (χ0) is 17.5. The molecule has 0 atom stereocenters. The first-order valence-electron chi connectivity index (χ1n) is 8.37. The molecule has 7 heteroatoms. The maximum Gasteiger partial charge on any atom is 0.191 e. The van der Waals surface area contributed by atoms with E-state index in [4.69, 9.17) is 11.6 Å². The number of imidazole rings is 1. The van der Waals surface area contributed by atoms with Crippen molar-refractivity contribution in [3.8, 4) is 0 Å². The highest BCUT2D eigenvalue weighted by molar-refractivity contribution is 14.0. The van der Waals surface area contributed by atoms with E-state index in [0.717, 1.165) is 53.8 Å². The van der Waals surface area contributed by atoms with Gasteiger partial charge < -0.3 is 15.6 Å². The van der Waals surface area contributed by atoms with Crippen molar-refractivity contribution in [1.29, 1.82) is 0 Å². The highest BCUT2D eigenvalue weighted by Crippen LogP contribution is 2.10. The van der Waals surface area contributed by atoms with Gasteiger partial charge in [-0.15, -0.1) is 24.0 Å². The normalized spacial score (nSPS) is 11.2. The number of hydrogen-bond acceptors (Lipinski definition) is 2. The van der Waals surface area contributed by atoms with Gasteiger partial charge in [0, 0.05) is 31.6 Å². The summed E-state index contributed by atoms with van der Waals surface area (Å²) in [4.78, 5) is 12.2. The largest absolute Gasteiger partial charge is 0.356 e. The molecule has 0 radical (unpaired) electrons. The maximum absolute atomic E-state index is 5.90. The zero-order valence-corrected chi connectivity index (χ0v) is 17.7. The van der Waals surface area contributed by atoms with Gasteiger partial charge in [-0.05, 0) is 36.2 Å². The minimum atomic E-state index is 0. The van der Waals surface area contributed by atoms with Crippen molar-refractivity contribution in [1.82, 2.24) is 20.6 Å². The Kier molecular flexibility index (Phi) is 8.18. The lowest BCUT2D eigenvalue weighted by molar-refractivity contribution is 0.770. The zero-order valence-electron chi connectivity index (χ0n) is 14.6. The summed E-state index contributed by atoms with van der Waals surface area (Å²) in [5, 5.41) is 7.40. The van der Waals surface area contributed by atoms with E-state index in [1.807, 2.05) is 48.5 Å². The molecular formula is C19H23ClIN5. The SMILES string of the molecule is CN=C(NCCc1ccc(Cl)cc1)NCCc1nc2ccccc2[nH]1.I. The van der Waals surface area contributed by atoms with Crippen molar-refractivity contribution >= 4 is 52.6 Å². The fourth-order valence-electron chi connectivity index (χ4n) is 2.62. The van der Waals surface area contributed by atoms with Crippen molar-refractivity contribution in [3.05, 3.63) is 64.9 Å². The molecule has 3 aromatic rings. The number of benzene rings is 2. The monoisotopic (exact) mass is 483 g/mol. The standard InChI is InChI=1S/C19H22ClN5.HI/c1-21-19(22-12-10-14-6-8-15(20)9-7-14)23-13-11-18-24-16-4-2-3-5-17(16)25-18;/h2-9H,10-13H2,1H3,(H,24,25)(H2,21,22,23);1H. The Hall–Kier alpha value is -1.80. The van der Waals surface area contributed by atoms with Gasteiger partial charge in [0.15, 0.2) is 5.96 Å². The van der Waals surface area contributed by atoms with Gasteiger partial charge in [0.2, 0.25) is 0 Å². The third-order valence-electron chi connectivity index (χ3n) is 3.94. The summed E-state index contributed by atoms with van der Waals surface area (Å²) < 4.78 is 0. The Balaban J connectivity index is 0.00000243. The first kappa shape index (κ1) is 20.5. The van der Waals surface area contributed by atoms with Gasteiger partial charge in [-0.3, -0.25) is 4.99 Å². The van der Waals surface area contributed by atoms with Crippen LogP contribution in [0.3, 0.4) is 0 Å². The fourth-order valence-corrected chi connectivity index (χ4v) is 2.75. The molecule has 0 saturated carbocycles. The topological polar surface area (TPSA) is 65.1 Å². The van der Waals surface area contributed by atoms with E-state index in [-0.39, 0.29) is 24.0 Å². The number of nitrogens with zero attached hydrogens (tertiary/aromatic N) is 2. The average Bonchev–Trinajstić information content (AvgIpc) is 3.05. The molecular weight excluding hydrogens is 461 g/mol. The highest BCUT2D eigenvalue weighted by atomic mass is 127. The molecule has 5 nitrogen and oxygen atoms in total. The minimum Gasteiger partial charge on any atom is -0.356 e. The summed E-state index contributed by atoms with van der Waals surface area (Å²) in [6, 6.07) is 16.0. The third-order valence-corrected chi connectivity index (χ3v) is 4.19. The van der Waals surface area contributed by atoms with Crippen molar-refractivity contribution in [2.75, 3.05) is 20.1 Å². The van der Waals surface area contributed by atoms with E-state index < -0.39 is 0 Å². The minimum absolute atomic E-state index is 0. The summed E-state index contributed by atoms with van der Waals surface area (Å²) >= 11 is 5.90. The molecule has 0 bridgehead atoms. The second-order valence-corrected chi connectivity index (χ2v) is 6.19. The second-order valence-electron chi connectivity index (χ2n) is 5.75. The number of rotatable bonds is 6. The number of nitrogens with one attached hydrogen (secondary N) is 3. The van der Waals surface area contributed by atoms with Crippen LogP contribution in [0.5, 0.6) is 0 Å². The van der Waals surface area contributed by atoms with Crippen molar-refractivity contribution < 1.29 is 0 Å². The Morgan fingerprint density at radius 2 is 1.73 bits per heavy atom. The summed E-state index contributed by atoms with van der Waals surface area (Å²) in [6.07, 6.45) is 1.73. The second kappa shape index (κ2) is 10.4. The number of fused-ring (bicyclic) bond motifs is 1. The molecule has 26 heavy (non-hydrogen) atoms. The van der Waals surface area contributed by atoms with Crippen LogP contribution in [0.2, 0.25) is 5.02 Å². The Morgan fingerprint density at radius 3 is 2.42 bits per heavy atom. The van der Waals surface area contributed by atoms with Gasteiger partial charge in [-0.1, -0.05) is 35.9 Å². The lowest BCUT2D eigenvalue weighted by Gasteiger charge is -2.11. The summed E-state index contributed by atoms with van der Waals surface area (Å²) in [7, 11) is 1.78. The van der Waals surface area contributed by atoms with Crippen LogP contribution in [-0.2, 0) is 12.8 Å². The van der Waals surface area contributed by atoms with Crippen LogP contribution in [0, 0.1) is 0 Å². The van der Waals surface area contributed by atoms with Crippen molar-refractivity contribution in [3.63, 3.8) is 0 Å². The Labute approximate surface area is 175 Å². The highest BCUT2D eigenvalue weighted by Gasteiger charge is 2.03. The molecule has 0 unspecified atom stereocenters. The van der Waals surface area contributed by atoms with E-state index in [0.29, 0.717) is 0 Å². The van der Waals surface area contributed by atoms with Crippen LogP contribution >= 0.6 is 35.6 Å². The molecule has 3 rings (SSSR count). The molecule has 0 aliphatic carbocycles. The first-order valence-corrected chi connectivity index (χ1v) is 8.75. The number of aliphatic imine (C=N–C) groups is 1. The van der Waals surface area contributed by atoms with Gasteiger partial charge in [0.1, 0.15) is 5.82 Å². The lowest BCUT2D eigenvalue weighted by Crippen LogP contribution is -2.39. The first-order chi connectivity index (χ1) is 12.2.